The monoisotopic (exact) mass is 271 g/mol. The van der Waals surface area contributed by atoms with E-state index in [1.807, 2.05) is 6.07 Å². The third-order valence-corrected chi connectivity index (χ3v) is 4.98. The average molecular weight is 271 g/mol. The van der Waals surface area contributed by atoms with Crippen LogP contribution in [0.4, 0.5) is 0 Å². The van der Waals surface area contributed by atoms with Gasteiger partial charge in [0.05, 0.1) is 5.41 Å². The first-order valence-electron chi connectivity index (χ1n) is 7.37. The van der Waals surface area contributed by atoms with Gasteiger partial charge in [0.1, 0.15) is 0 Å². The first-order chi connectivity index (χ1) is 9.54. The zero-order valence-corrected chi connectivity index (χ0v) is 12.1. The highest BCUT2D eigenvalue weighted by Gasteiger charge is 2.41. The van der Waals surface area contributed by atoms with E-state index in [9.17, 15) is 9.90 Å². The van der Waals surface area contributed by atoms with E-state index in [0.717, 1.165) is 48.9 Å². The molecule has 3 heteroatoms. The minimum atomic E-state index is -0.681. The van der Waals surface area contributed by atoms with E-state index in [1.165, 1.54) is 10.9 Å². The molecule has 3 nitrogen and oxygen atoms in total. The van der Waals surface area contributed by atoms with Crippen molar-refractivity contribution in [1.82, 2.24) is 4.98 Å². The molecule has 1 aliphatic rings. The third-order valence-electron chi connectivity index (χ3n) is 4.98. The van der Waals surface area contributed by atoms with Gasteiger partial charge >= 0.3 is 5.97 Å². The number of aromatic nitrogens is 1. The normalized spacial score (nSPS) is 18.3. The number of hydrogen-bond acceptors (Lipinski definition) is 1. The molecule has 1 aromatic carbocycles. The lowest BCUT2D eigenvalue weighted by atomic mass is 9.69. The Morgan fingerprint density at radius 2 is 1.90 bits per heavy atom. The summed E-state index contributed by atoms with van der Waals surface area (Å²) in [6.45, 7) is 4.16. The van der Waals surface area contributed by atoms with Gasteiger partial charge in [0.25, 0.3) is 0 Å². The zero-order chi connectivity index (χ0) is 14.3. The van der Waals surface area contributed by atoms with Gasteiger partial charge in [0, 0.05) is 16.6 Å². The van der Waals surface area contributed by atoms with Crippen LogP contribution < -0.4 is 0 Å². The van der Waals surface area contributed by atoms with Gasteiger partial charge in [-0.1, -0.05) is 31.4 Å². The molecule has 1 fully saturated rings. The summed E-state index contributed by atoms with van der Waals surface area (Å²) in [6, 6.07) is 6.14. The van der Waals surface area contributed by atoms with Crippen LogP contribution in [0.15, 0.2) is 18.2 Å². The predicted octanol–water partition coefficient (Wildman–Crippen LogP) is 4.07. The van der Waals surface area contributed by atoms with Crippen LogP contribution in [0.1, 0.15) is 48.9 Å². The number of aliphatic carboxylic acids is 1. The van der Waals surface area contributed by atoms with Gasteiger partial charge in [0.2, 0.25) is 0 Å². The number of H-pyrrole nitrogens is 1. The molecule has 1 heterocycles. The minimum Gasteiger partial charge on any atom is -0.481 e. The Morgan fingerprint density at radius 3 is 2.55 bits per heavy atom. The molecule has 0 spiro atoms. The Labute approximate surface area is 119 Å². The first-order valence-corrected chi connectivity index (χ1v) is 7.37. The summed E-state index contributed by atoms with van der Waals surface area (Å²) >= 11 is 0. The standard InChI is InChI=1S/C17H21NO2/c1-11-12(2)18-15-10-13(6-7-14(11)15)17(16(19)20)8-4-3-5-9-17/h6-7,10,18H,3-5,8-9H2,1-2H3,(H,19,20). The Morgan fingerprint density at radius 1 is 1.20 bits per heavy atom. The predicted molar refractivity (Wildman–Crippen MR) is 80.2 cm³/mol. The average Bonchev–Trinajstić information content (AvgIpc) is 2.74. The maximum atomic E-state index is 11.9. The van der Waals surface area contributed by atoms with Gasteiger partial charge in [-0.15, -0.1) is 0 Å². The lowest BCUT2D eigenvalue weighted by Gasteiger charge is -2.33. The van der Waals surface area contributed by atoms with Crippen molar-refractivity contribution in [3.8, 4) is 0 Å². The lowest BCUT2D eigenvalue weighted by Crippen LogP contribution is -2.37. The highest BCUT2D eigenvalue weighted by Crippen LogP contribution is 2.41. The summed E-state index contributed by atoms with van der Waals surface area (Å²) in [6.07, 6.45) is 4.68. The molecule has 2 aromatic rings. The van der Waals surface area contributed by atoms with E-state index < -0.39 is 11.4 Å². The zero-order valence-electron chi connectivity index (χ0n) is 12.1. The summed E-state index contributed by atoms with van der Waals surface area (Å²) in [5.41, 5.74) is 3.74. The Kier molecular flexibility index (Phi) is 3.08. The van der Waals surface area contributed by atoms with Crippen molar-refractivity contribution in [1.29, 1.82) is 0 Å². The molecular formula is C17H21NO2. The molecule has 2 N–H and O–H groups in total. The number of carboxylic acids is 1. The van der Waals surface area contributed by atoms with Crippen molar-refractivity contribution in [2.75, 3.05) is 0 Å². The van der Waals surface area contributed by atoms with Gasteiger partial charge in [0.15, 0.2) is 0 Å². The van der Waals surface area contributed by atoms with Crippen LogP contribution in [0.3, 0.4) is 0 Å². The molecule has 20 heavy (non-hydrogen) atoms. The molecule has 0 saturated heterocycles. The van der Waals surface area contributed by atoms with Crippen molar-refractivity contribution in [3.05, 3.63) is 35.0 Å². The molecule has 106 valence electrons. The summed E-state index contributed by atoms with van der Waals surface area (Å²) < 4.78 is 0. The fourth-order valence-electron chi connectivity index (χ4n) is 3.55. The number of fused-ring (bicyclic) bond motifs is 1. The van der Waals surface area contributed by atoms with Crippen molar-refractivity contribution in [2.24, 2.45) is 0 Å². The van der Waals surface area contributed by atoms with E-state index >= 15 is 0 Å². The van der Waals surface area contributed by atoms with Gasteiger partial charge in [-0.2, -0.15) is 0 Å². The van der Waals surface area contributed by atoms with E-state index in [1.54, 1.807) is 0 Å². The van der Waals surface area contributed by atoms with Crippen LogP contribution in [0.25, 0.3) is 10.9 Å². The summed E-state index contributed by atoms with van der Waals surface area (Å²) in [4.78, 5) is 15.2. The number of aryl methyl sites for hydroxylation is 2. The van der Waals surface area contributed by atoms with Crippen LogP contribution >= 0.6 is 0 Å². The summed E-state index contributed by atoms with van der Waals surface area (Å²) in [5, 5.41) is 11.0. The Bertz CT molecular complexity index is 663. The molecule has 0 radical (unpaired) electrons. The molecule has 0 atom stereocenters. The molecule has 0 aliphatic heterocycles. The Balaban J connectivity index is 2.14. The first kappa shape index (κ1) is 13.2. The molecule has 1 aromatic heterocycles. The minimum absolute atomic E-state index is 0.670. The second kappa shape index (κ2) is 4.65. The van der Waals surface area contributed by atoms with Crippen LogP contribution in [0.2, 0.25) is 0 Å². The molecule has 3 rings (SSSR count). The van der Waals surface area contributed by atoms with Gasteiger partial charge in [-0.3, -0.25) is 4.79 Å². The fourth-order valence-corrected chi connectivity index (χ4v) is 3.55. The van der Waals surface area contributed by atoms with Crippen molar-refractivity contribution < 1.29 is 9.90 Å². The summed E-state index contributed by atoms with van der Waals surface area (Å²) in [5.74, 6) is -0.670. The second-order valence-corrected chi connectivity index (χ2v) is 6.08. The molecule has 0 bridgehead atoms. The highest BCUT2D eigenvalue weighted by atomic mass is 16.4. The molecule has 1 aliphatic carbocycles. The number of carbonyl (C=O) groups is 1. The number of benzene rings is 1. The van der Waals surface area contributed by atoms with Crippen molar-refractivity contribution >= 4 is 16.9 Å². The number of hydrogen-bond donors (Lipinski definition) is 2. The van der Waals surface area contributed by atoms with Gasteiger partial charge in [-0.25, -0.2) is 0 Å². The van der Waals surface area contributed by atoms with Gasteiger partial charge in [-0.05, 0) is 43.9 Å². The third kappa shape index (κ3) is 1.84. The number of aromatic amines is 1. The number of carboxylic acid groups (broad SMARTS) is 1. The maximum absolute atomic E-state index is 11.9. The second-order valence-electron chi connectivity index (χ2n) is 6.08. The lowest BCUT2D eigenvalue weighted by molar-refractivity contribution is -0.145. The van der Waals surface area contributed by atoms with Crippen LogP contribution in [0.5, 0.6) is 0 Å². The van der Waals surface area contributed by atoms with E-state index in [2.05, 4.69) is 31.0 Å². The van der Waals surface area contributed by atoms with Crippen LogP contribution in [0, 0.1) is 13.8 Å². The highest BCUT2D eigenvalue weighted by molar-refractivity contribution is 5.88. The van der Waals surface area contributed by atoms with Crippen LogP contribution in [-0.2, 0) is 10.2 Å². The van der Waals surface area contributed by atoms with E-state index in [4.69, 9.17) is 0 Å². The number of nitrogens with one attached hydrogen (secondary N) is 1. The molecular weight excluding hydrogens is 250 g/mol. The van der Waals surface area contributed by atoms with E-state index in [0.29, 0.717) is 0 Å². The van der Waals surface area contributed by atoms with Crippen molar-refractivity contribution in [3.63, 3.8) is 0 Å². The van der Waals surface area contributed by atoms with E-state index in [-0.39, 0.29) is 0 Å². The van der Waals surface area contributed by atoms with Crippen LogP contribution in [-0.4, -0.2) is 16.1 Å². The molecule has 1 saturated carbocycles. The SMILES string of the molecule is Cc1[nH]c2cc(C3(C(=O)O)CCCCC3)ccc2c1C. The quantitative estimate of drug-likeness (QED) is 0.865. The van der Waals surface area contributed by atoms with Crippen molar-refractivity contribution in [2.45, 2.75) is 51.4 Å². The maximum Gasteiger partial charge on any atom is 0.314 e. The smallest absolute Gasteiger partial charge is 0.314 e. The van der Waals surface area contributed by atoms with Gasteiger partial charge < -0.3 is 10.1 Å². The Hall–Kier alpha value is -1.77. The number of rotatable bonds is 2. The summed E-state index contributed by atoms with van der Waals surface area (Å²) in [7, 11) is 0. The molecule has 0 unspecified atom stereocenters. The fraction of sp³-hybridized carbons (Fsp3) is 0.471. The molecule has 0 amide bonds. The largest absolute Gasteiger partial charge is 0.481 e. The topological polar surface area (TPSA) is 53.1 Å².